The van der Waals surface area contributed by atoms with E-state index in [0.29, 0.717) is 5.82 Å². The van der Waals surface area contributed by atoms with E-state index in [2.05, 4.69) is 17.3 Å². The smallest absolute Gasteiger partial charge is 0.260 e. The van der Waals surface area contributed by atoms with Crippen molar-refractivity contribution >= 4 is 11.7 Å². The van der Waals surface area contributed by atoms with Crippen LogP contribution in [0.25, 0.3) is 11.3 Å². The average Bonchev–Trinajstić information content (AvgIpc) is 3.07. The van der Waals surface area contributed by atoms with Crippen LogP contribution in [0.5, 0.6) is 0 Å². The van der Waals surface area contributed by atoms with Crippen LogP contribution in [0, 0.1) is 11.7 Å². The van der Waals surface area contributed by atoms with Gasteiger partial charge in [-0.2, -0.15) is 5.10 Å². The molecule has 0 unspecified atom stereocenters. The van der Waals surface area contributed by atoms with Crippen LogP contribution in [0.4, 0.5) is 19.0 Å². The van der Waals surface area contributed by atoms with Gasteiger partial charge >= 0.3 is 0 Å². The molecule has 7 heteroatoms. The van der Waals surface area contributed by atoms with Gasteiger partial charge in [0.1, 0.15) is 11.7 Å². The molecule has 0 spiro atoms. The number of carbonyl (C=O) groups excluding carboxylic acids is 1. The van der Waals surface area contributed by atoms with Crippen LogP contribution in [-0.4, -0.2) is 21.6 Å². The fourth-order valence-corrected chi connectivity index (χ4v) is 3.78. The molecule has 0 aliphatic heterocycles. The zero-order chi connectivity index (χ0) is 18.7. The number of anilines is 1. The molecule has 0 bridgehead atoms. The summed E-state index contributed by atoms with van der Waals surface area (Å²) in [6.07, 6.45) is 2.50. The summed E-state index contributed by atoms with van der Waals surface area (Å²) in [5.74, 6) is -4.89. The number of aromatic nitrogens is 2. The molecule has 0 saturated heterocycles. The Balaban J connectivity index is 1.76. The van der Waals surface area contributed by atoms with E-state index in [1.54, 1.807) is 23.9 Å². The maximum absolute atomic E-state index is 13.3. The van der Waals surface area contributed by atoms with E-state index in [9.17, 15) is 18.0 Å². The second kappa shape index (κ2) is 5.59. The van der Waals surface area contributed by atoms with E-state index in [1.165, 1.54) is 12.1 Å². The van der Waals surface area contributed by atoms with Crippen molar-refractivity contribution in [1.82, 2.24) is 9.78 Å². The Morgan fingerprint density at radius 2 is 1.88 bits per heavy atom. The predicted octanol–water partition coefficient (Wildman–Crippen LogP) is 4.26. The third kappa shape index (κ3) is 2.70. The Morgan fingerprint density at radius 3 is 2.38 bits per heavy atom. The van der Waals surface area contributed by atoms with Gasteiger partial charge in [0.05, 0.1) is 5.69 Å². The fraction of sp³-hybridized carbons (Fsp3) is 0.474. The van der Waals surface area contributed by atoms with E-state index in [4.69, 9.17) is 0 Å². The first-order valence-corrected chi connectivity index (χ1v) is 8.73. The van der Waals surface area contributed by atoms with Crippen molar-refractivity contribution in [2.45, 2.75) is 43.9 Å². The van der Waals surface area contributed by atoms with Gasteiger partial charge in [-0.3, -0.25) is 9.48 Å². The highest BCUT2D eigenvalue weighted by molar-refractivity contribution is 5.96. The molecule has 1 amide bonds. The van der Waals surface area contributed by atoms with Gasteiger partial charge in [-0.15, -0.1) is 0 Å². The van der Waals surface area contributed by atoms with Gasteiger partial charge < -0.3 is 5.32 Å². The standard InChI is InChI=1S/C19H20F3N3O/c1-18(8-3-9-18)14-15(11-4-6-12(20)7-5-11)25(2)24-16(14)23-17(26)13-10-19(13,21)22/h4-7,13H,3,8-10H2,1-2H3,(H,23,24,26)/t13-/m1/s1. The van der Waals surface area contributed by atoms with Crippen LogP contribution in [0.3, 0.4) is 0 Å². The first-order chi connectivity index (χ1) is 12.2. The van der Waals surface area contributed by atoms with Crippen LogP contribution in [0.1, 0.15) is 38.2 Å². The number of rotatable bonds is 4. The Bertz CT molecular complexity index is 869. The monoisotopic (exact) mass is 363 g/mol. The maximum Gasteiger partial charge on any atom is 0.260 e. The normalized spacial score (nSPS) is 22.6. The van der Waals surface area contributed by atoms with Gasteiger partial charge in [0.25, 0.3) is 5.92 Å². The van der Waals surface area contributed by atoms with Crippen molar-refractivity contribution in [1.29, 1.82) is 0 Å². The number of benzene rings is 1. The number of nitrogens with one attached hydrogen (secondary N) is 1. The SMILES string of the molecule is Cn1nc(NC(=O)[C@H]2CC2(F)F)c(C2(C)CCC2)c1-c1ccc(F)cc1. The van der Waals surface area contributed by atoms with Gasteiger partial charge in [0.15, 0.2) is 5.82 Å². The lowest BCUT2D eigenvalue weighted by molar-refractivity contribution is -0.119. The number of amides is 1. The van der Waals surface area contributed by atoms with Crippen LogP contribution >= 0.6 is 0 Å². The zero-order valence-corrected chi connectivity index (χ0v) is 14.7. The molecule has 1 heterocycles. The van der Waals surface area contributed by atoms with Gasteiger partial charge in [-0.1, -0.05) is 13.3 Å². The molecule has 138 valence electrons. The highest BCUT2D eigenvalue weighted by Gasteiger charge is 2.61. The lowest BCUT2D eigenvalue weighted by Gasteiger charge is -2.39. The summed E-state index contributed by atoms with van der Waals surface area (Å²) < 4.78 is 41.4. The average molecular weight is 363 g/mol. The van der Waals surface area contributed by atoms with Crippen molar-refractivity contribution in [3.8, 4) is 11.3 Å². The molecule has 2 aliphatic carbocycles. The van der Waals surface area contributed by atoms with E-state index >= 15 is 0 Å². The van der Waals surface area contributed by atoms with Gasteiger partial charge in [0.2, 0.25) is 5.91 Å². The van der Waals surface area contributed by atoms with Crippen LogP contribution in [0.15, 0.2) is 24.3 Å². The zero-order valence-electron chi connectivity index (χ0n) is 14.7. The van der Waals surface area contributed by atoms with Crippen LogP contribution in [-0.2, 0) is 17.3 Å². The summed E-state index contributed by atoms with van der Waals surface area (Å²) in [5.41, 5.74) is 2.22. The molecule has 2 fully saturated rings. The first-order valence-electron chi connectivity index (χ1n) is 8.73. The quantitative estimate of drug-likeness (QED) is 0.882. The Kier molecular flexibility index (Phi) is 3.68. The van der Waals surface area contributed by atoms with Crippen molar-refractivity contribution in [2.24, 2.45) is 13.0 Å². The first kappa shape index (κ1) is 17.1. The van der Waals surface area contributed by atoms with Crippen LogP contribution in [0.2, 0.25) is 0 Å². The minimum absolute atomic E-state index is 0.188. The molecule has 4 nitrogen and oxygen atoms in total. The number of hydrogen-bond donors (Lipinski definition) is 1. The molecular weight excluding hydrogens is 343 g/mol. The fourth-order valence-electron chi connectivity index (χ4n) is 3.78. The summed E-state index contributed by atoms with van der Waals surface area (Å²) in [7, 11) is 1.74. The van der Waals surface area contributed by atoms with E-state index in [1.807, 2.05) is 0 Å². The largest absolute Gasteiger partial charge is 0.309 e. The number of carbonyl (C=O) groups is 1. The third-order valence-corrected chi connectivity index (χ3v) is 5.61. The minimum atomic E-state index is -2.92. The van der Waals surface area contributed by atoms with E-state index in [0.717, 1.165) is 36.1 Å². The Labute approximate surface area is 149 Å². The molecule has 4 rings (SSSR count). The molecule has 26 heavy (non-hydrogen) atoms. The molecule has 0 radical (unpaired) electrons. The van der Waals surface area contributed by atoms with Crippen LogP contribution < -0.4 is 5.32 Å². The second-order valence-electron chi connectivity index (χ2n) is 7.62. The molecule has 1 aromatic heterocycles. The van der Waals surface area contributed by atoms with Crippen molar-refractivity contribution in [3.05, 3.63) is 35.6 Å². The molecule has 2 aliphatic rings. The minimum Gasteiger partial charge on any atom is -0.309 e. The second-order valence-corrected chi connectivity index (χ2v) is 7.62. The van der Waals surface area contributed by atoms with E-state index < -0.39 is 24.2 Å². The highest BCUT2D eigenvalue weighted by Crippen LogP contribution is 2.51. The third-order valence-electron chi connectivity index (χ3n) is 5.61. The molecule has 1 atom stereocenters. The predicted molar refractivity (Wildman–Crippen MR) is 91.5 cm³/mol. The highest BCUT2D eigenvalue weighted by atomic mass is 19.3. The number of nitrogens with zero attached hydrogens (tertiary/aromatic N) is 2. The number of hydrogen-bond acceptors (Lipinski definition) is 2. The molecule has 1 aromatic carbocycles. The van der Waals surface area contributed by atoms with Gasteiger partial charge in [-0.25, -0.2) is 13.2 Å². The summed E-state index contributed by atoms with van der Waals surface area (Å²) in [6.45, 7) is 2.09. The summed E-state index contributed by atoms with van der Waals surface area (Å²) in [5, 5.41) is 7.02. The molecule has 1 N–H and O–H groups in total. The summed E-state index contributed by atoms with van der Waals surface area (Å²) in [6, 6.07) is 6.08. The topological polar surface area (TPSA) is 46.9 Å². The maximum atomic E-state index is 13.3. The van der Waals surface area contributed by atoms with Crippen molar-refractivity contribution < 1.29 is 18.0 Å². The van der Waals surface area contributed by atoms with Crippen molar-refractivity contribution in [2.75, 3.05) is 5.32 Å². The summed E-state index contributed by atoms with van der Waals surface area (Å²) in [4.78, 5) is 12.2. The lowest BCUT2D eigenvalue weighted by atomic mass is 9.65. The molecule has 2 aromatic rings. The van der Waals surface area contributed by atoms with E-state index in [-0.39, 0.29) is 11.2 Å². The molecular formula is C19H20F3N3O. The number of aryl methyl sites for hydroxylation is 1. The lowest BCUT2D eigenvalue weighted by Crippen LogP contribution is -2.32. The van der Waals surface area contributed by atoms with Crippen molar-refractivity contribution in [3.63, 3.8) is 0 Å². The van der Waals surface area contributed by atoms with Gasteiger partial charge in [0, 0.05) is 24.6 Å². The summed E-state index contributed by atoms with van der Waals surface area (Å²) >= 11 is 0. The van der Waals surface area contributed by atoms with Gasteiger partial charge in [-0.05, 0) is 42.5 Å². The Morgan fingerprint density at radius 1 is 1.27 bits per heavy atom. The number of alkyl halides is 2. The Hall–Kier alpha value is -2.31. The number of halogens is 3. The molecule has 2 saturated carbocycles.